The first-order valence-electron chi connectivity index (χ1n) is 5.31. The summed E-state index contributed by atoms with van der Waals surface area (Å²) in [5, 5.41) is 6.18. The summed E-state index contributed by atoms with van der Waals surface area (Å²) < 4.78 is 1.05. The average Bonchev–Trinajstić information content (AvgIpc) is 2.94. The molecule has 0 aliphatic rings. The molecule has 8 heteroatoms. The Labute approximate surface area is 116 Å². The first-order valence-corrected chi connectivity index (χ1v) is 6.92. The van der Waals surface area contributed by atoms with Gasteiger partial charge in [-0.25, -0.2) is 0 Å². The maximum Gasteiger partial charge on any atom is 0.291 e. The molecule has 3 N–H and O–H groups in total. The van der Waals surface area contributed by atoms with E-state index in [1.54, 1.807) is 16.2 Å². The molecule has 96 valence electrons. The highest BCUT2D eigenvalue weighted by Gasteiger charge is 2.18. The number of rotatable bonds is 4. The first-order chi connectivity index (χ1) is 8.60. The van der Waals surface area contributed by atoms with Crippen LogP contribution in [0.2, 0.25) is 0 Å². The summed E-state index contributed by atoms with van der Waals surface area (Å²) in [4.78, 5) is 18.8. The number of thiophene rings is 1. The molecule has 0 aliphatic heterocycles. The van der Waals surface area contributed by atoms with Gasteiger partial charge < -0.3 is 10.6 Å². The fraction of sp³-hybridized carbons (Fsp3) is 0.300. The number of carbonyl (C=O) groups excluding carboxylic acids is 1. The third-order valence-corrected chi connectivity index (χ3v) is 3.96. The molecule has 2 aromatic rings. The van der Waals surface area contributed by atoms with Crippen LogP contribution in [-0.2, 0) is 6.54 Å². The number of aromatic nitrogens is 3. The van der Waals surface area contributed by atoms with Crippen molar-refractivity contribution in [3.05, 3.63) is 26.6 Å². The Morgan fingerprint density at radius 3 is 2.89 bits per heavy atom. The Hall–Kier alpha value is -1.41. The van der Waals surface area contributed by atoms with Crippen molar-refractivity contribution in [2.24, 2.45) is 0 Å². The normalized spacial score (nSPS) is 10.6. The summed E-state index contributed by atoms with van der Waals surface area (Å²) in [6.07, 6.45) is 0. The van der Waals surface area contributed by atoms with E-state index < -0.39 is 0 Å². The monoisotopic (exact) mass is 329 g/mol. The van der Waals surface area contributed by atoms with Crippen molar-refractivity contribution in [2.45, 2.75) is 13.5 Å². The number of aromatic amines is 1. The zero-order valence-electron chi connectivity index (χ0n) is 9.68. The molecule has 0 aliphatic carbocycles. The maximum atomic E-state index is 12.1. The van der Waals surface area contributed by atoms with Crippen molar-refractivity contribution < 1.29 is 4.79 Å². The second-order valence-electron chi connectivity index (χ2n) is 3.57. The van der Waals surface area contributed by atoms with Gasteiger partial charge in [0.05, 0.1) is 10.3 Å². The molecule has 0 bridgehead atoms. The zero-order chi connectivity index (χ0) is 13.1. The van der Waals surface area contributed by atoms with E-state index in [2.05, 4.69) is 31.1 Å². The first kappa shape index (κ1) is 13.0. The number of H-pyrrole nitrogens is 1. The SMILES string of the molecule is CCN(Cc1ccc(Br)s1)C(=O)c1nc(N)n[nH]1. The topological polar surface area (TPSA) is 87.9 Å². The van der Waals surface area contributed by atoms with Crippen LogP contribution in [0.3, 0.4) is 0 Å². The molecule has 0 spiro atoms. The molecule has 1 amide bonds. The van der Waals surface area contributed by atoms with E-state index in [9.17, 15) is 4.79 Å². The van der Waals surface area contributed by atoms with Crippen LogP contribution in [0.4, 0.5) is 5.95 Å². The predicted molar refractivity (Wildman–Crippen MR) is 73.2 cm³/mol. The summed E-state index contributed by atoms with van der Waals surface area (Å²) >= 11 is 5.00. The van der Waals surface area contributed by atoms with E-state index in [-0.39, 0.29) is 17.7 Å². The van der Waals surface area contributed by atoms with Gasteiger partial charge in [-0.3, -0.25) is 9.89 Å². The molecule has 0 aromatic carbocycles. The highest BCUT2D eigenvalue weighted by atomic mass is 79.9. The minimum absolute atomic E-state index is 0.0771. The van der Waals surface area contributed by atoms with E-state index in [0.717, 1.165) is 8.66 Å². The number of carbonyl (C=O) groups is 1. The number of nitrogen functional groups attached to an aromatic ring is 1. The van der Waals surface area contributed by atoms with Gasteiger partial charge in [0, 0.05) is 11.4 Å². The number of hydrogen-bond donors (Lipinski definition) is 2. The van der Waals surface area contributed by atoms with E-state index in [4.69, 9.17) is 5.73 Å². The molecule has 0 fully saturated rings. The van der Waals surface area contributed by atoms with Crippen LogP contribution in [0, 0.1) is 0 Å². The lowest BCUT2D eigenvalue weighted by molar-refractivity contribution is 0.0742. The fourth-order valence-electron chi connectivity index (χ4n) is 1.47. The van der Waals surface area contributed by atoms with E-state index in [1.165, 1.54) is 0 Å². The highest BCUT2D eigenvalue weighted by molar-refractivity contribution is 9.11. The number of nitrogens with zero attached hydrogens (tertiary/aromatic N) is 3. The van der Waals surface area contributed by atoms with Crippen molar-refractivity contribution in [1.29, 1.82) is 0 Å². The number of nitrogens with one attached hydrogen (secondary N) is 1. The molecule has 0 atom stereocenters. The van der Waals surface area contributed by atoms with E-state index in [1.807, 2.05) is 19.1 Å². The largest absolute Gasteiger partial charge is 0.366 e. The molecule has 6 nitrogen and oxygen atoms in total. The van der Waals surface area contributed by atoms with Gasteiger partial charge >= 0.3 is 0 Å². The number of nitrogens with two attached hydrogens (primary N) is 1. The van der Waals surface area contributed by atoms with Gasteiger partial charge in [0.2, 0.25) is 11.8 Å². The van der Waals surface area contributed by atoms with Gasteiger partial charge in [-0.05, 0) is 35.0 Å². The lowest BCUT2D eigenvalue weighted by Crippen LogP contribution is -2.30. The molecule has 18 heavy (non-hydrogen) atoms. The Bertz CT molecular complexity index is 552. The summed E-state index contributed by atoms with van der Waals surface area (Å²) in [7, 11) is 0. The Morgan fingerprint density at radius 1 is 1.61 bits per heavy atom. The van der Waals surface area contributed by atoms with Crippen molar-refractivity contribution in [3.8, 4) is 0 Å². The molecular formula is C10H12BrN5OS. The third-order valence-electron chi connectivity index (χ3n) is 2.35. The Morgan fingerprint density at radius 2 is 2.39 bits per heavy atom. The number of hydrogen-bond acceptors (Lipinski definition) is 5. The smallest absolute Gasteiger partial charge is 0.291 e. The molecule has 0 unspecified atom stereocenters. The second-order valence-corrected chi connectivity index (χ2v) is 6.11. The third kappa shape index (κ3) is 2.88. The lowest BCUT2D eigenvalue weighted by Gasteiger charge is -2.18. The Kier molecular flexibility index (Phi) is 3.97. The summed E-state index contributed by atoms with van der Waals surface area (Å²) in [5.41, 5.74) is 5.39. The minimum atomic E-state index is -0.203. The maximum absolute atomic E-state index is 12.1. The molecule has 2 aromatic heterocycles. The van der Waals surface area contributed by atoms with Crippen molar-refractivity contribution in [2.75, 3.05) is 12.3 Å². The summed E-state index contributed by atoms with van der Waals surface area (Å²) in [6, 6.07) is 3.95. The number of amides is 1. The highest BCUT2D eigenvalue weighted by Crippen LogP contribution is 2.23. The van der Waals surface area contributed by atoms with Gasteiger partial charge in [0.25, 0.3) is 5.91 Å². The van der Waals surface area contributed by atoms with Crippen LogP contribution < -0.4 is 5.73 Å². The second kappa shape index (κ2) is 5.49. The van der Waals surface area contributed by atoms with Gasteiger partial charge in [-0.15, -0.1) is 16.4 Å². The summed E-state index contributed by atoms with van der Waals surface area (Å²) in [5.74, 6) is 0.0458. The van der Waals surface area contributed by atoms with Crippen LogP contribution in [0.1, 0.15) is 22.4 Å². The van der Waals surface area contributed by atoms with Crippen LogP contribution in [0.15, 0.2) is 15.9 Å². The minimum Gasteiger partial charge on any atom is -0.366 e. The van der Waals surface area contributed by atoms with Gasteiger partial charge in [-0.1, -0.05) is 0 Å². The zero-order valence-corrected chi connectivity index (χ0v) is 12.1. The van der Waals surface area contributed by atoms with Crippen LogP contribution in [0.25, 0.3) is 0 Å². The van der Waals surface area contributed by atoms with Gasteiger partial charge in [-0.2, -0.15) is 4.98 Å². The van der Waals surface area contributed by atoms with E-state index in [0.29, 0.717) is 13.1 Å². The van der Waals surface area contributed by atoms with Crippen LogP contribution in [-0.4, -0.2) is 32.5 Å². The predicted octanol–water partition coefficient (Wildman–Crippen LogP) is 1.87. The molecule has 2 heterocycles. The van der Waals surface area contributed by atoms with Crippen molar-refractivity contribution >= 4 is 39.1 Å². The van der Waals surface area contributed by atoms with E-state index >= 15 is 0 Å². The molecule has 0 saturated heterocycles. The summed E-state index contributed by atoms with van der Waals surface area (Å²) in [6.45, 7) is 3.06. The lowest BCUT2D eigenvalue weighted by atomic mass is 10.4. The molecule has 2 rings (SSSR count). The molecular weight excluding hydrogens is 318 g/mol. The Balaban J connectivity index is 2.11. The molecule has 0 saturated carbocycles. The quantitative estimate of drug-likeness (QED) is 0.896. The van der Waals surface area contributed by atoms with Gasteiger partial charge in [0.1, 0.15) is 0 Å². The number of anilines is 1. The molecule has 0 radical (unpaired) electrons. The van der Waals surface area contributed by atoms with Gasteiger partial charge in [0.15, 0.2) is 0 Å². The van der Waals surface area contributed by atoms with Crippen LogP contribution in [0.5, 0.6) is 0 Å². The van der Waals surface area contributed by atoms with Crippen molar-refractivity contribution in [1.82, 2.24) is 20.1 Å². The fourth-order valence-corrected chi connectivity index (χ4v) is 2.97. The number of halogens is 1. The standard InChI is InChI=1S/C10H12BrN5OS/c1-2-16(5-6-3-4-7(11)18-6)9(17)8-13-10(12)15-14-8/h3-4H,2,5H2,1H3,(H3,12,13,14,15). The van der Waals surface area contributed by atoms with Crippen LogP contribution >= 0.6 is 27.3 Å². The average molecular weight is 330 g/mol. The van der Waals surface area contributed by atoms with Crippen molar-refractivity contribution in [3.63, 3.8) is 0 Å².